The monoisotopic (exact) mass is 266 g/mol. The van der Waals surface area contributed by atoms with E-state index in [1.54, 1.807) is 12.1 Å². The molecule has 1 atom stereocenters. The Balaban J connectivity index is 1.82. The van der Waals surface area contributed by atoms with E-state index >= 15 is 0 Å². The number of anilines is 2. The van der Waals surface area contributed by atoms with Gasteiger partial charge in [-0.25, -0.2) is 4.98 Å². The number of nitrogens with zero attached hydrogens (tertiary/aromatic N) is 3. The minimum atomic E-state index is 0.270. The van der Waals surface area contributed by atoms with Crippen LogP contribution >= 0.6 is 11.6 Å². The number of pyridine rings is 1. The number of hydrogen-bond donors (Lipinski definition) is 1. The van der Waals surface area contributed by atoms with E-state index < -0.39 is 0 Å². The van der Waals surface area contributed by atoms with Gasteiger partial charge in [-0.1, -0.05) is 11.6 Å². The molecule has 3 rings (SSSR count). The lowest BCUT2D eigenvalue weighted by Gasteiger charge is -2.38. The largest absolute Gasteiger partial charge is 0.396 e. The van der Waals surface area contributed by atoms with Crippen molar-refractivity contribution in [3.05, 3.63) is 17.3 Å². The maximum Gasteiger partial charge on any atom is 0.223 e. The molecule has 2 fully saturated rings. The van der Waals surface area contributed by atoms with Gasteiger partial charge in [0.25, 0.3) is 0 Å². The fourth-order valence-electron chi connectivity index (χ4n) is 2.75. The number of carbonyl (C=O) groups excluding carboxylic acids is 1. The zero-order chi connectivity index (χ0) is 12.7. The van der Waals surface area contributed by atoms with Crippen molar-refractivity contribution in [1.82, 2.24) is 9.88 Å². The van der Waals surface area contributed by atoms with Gasteiger partial charge < -0.3 is 15.5 Å². The van der Waals surface area contributed by atoms with E-state index in [1.807, 2.05) is 4.90 Å². The molecule has 1 aromatic rings. The first-order valence-electron chi connectivity index (χ1n) is 6.11. The second-order valence-corrected chi connectivity index (χ2v) is 5.16. The van der Waals surface area contributed by atoms with Crippen LogP contribution in [0, 0.1) is 0 Å². The van der Waals surface area contributed by atoms with E-state index in [1.165, 1.54) is 0 Å². The molecule has 18 heavy (non-hydrogen) atoms. The summed E-state index contributed by atoms with van der Waals surface area (Å²) in [6, 6.07) is 3.76. The lowest BCUT2D eigenvalue weighted by atomic mass is 10.1. The van der Waals surface area contributed by atoms with Crippen LogP contribution in [-0.4, -0.2) is 41.5 Å². The van der Waals surface area contributed by atoms with Crippen LogP contribution in [0.2, 0.25) is 5.15 Å². The van der Waals surface area contributed by atoms with Crippen LogP contribution in [0.5, 0.6) is 0 Å². The molecule has 0 bridgehead atoms. The number of carbonyl (C=O) groups is 1. The quantitative estimate of drug-likeness (QED) is 0.774. The smallest absolute Gasteiger partial charge is 0.223 e. The van der Waals surface area contributed by atoms with Gasteiger partial charge >= 0.3 is 0 Å². The summed E-state index contributed by atoms with van der Waals surface area (Å²) in [5, 5.41) is 0.448. The first kappa shape index (κ1) is 11.6. The van der Waals surface area contributed by atoms with Crippen LogP contribution in [-0.2, 0) is 4.79 Å². The van der Waals surface area contributed by atoms with Crippen molar-refractivity contribution >= 4 is 29.0 Å². The number of piperazine rings is 1. The third kappa shape index (κ3) is 1.88. The summed E-state index contributed by atoms with van der Waals surface area (Å²) in [5.74, 6) is 1.01. The van der Waals surface area contributed by atoms with Crippen molar-refractivity contribution in [3.8, 4) is 0 Å². The van der Waals surface area contributed by atoms with Gasteiger partial charge in [0, 0.05) is 32.1 Å². The molecule has 0 spiro atoms. The van der Waals surface area contributed by atoms with Crippen LogP contribution in [0.1, 0.15) is 12.8 Å². The SMILES string of the molecule is Nc1ccc(Cl)nc1N1CCN2C(=O)CCC2C1. The van der Waals surface area contributed by atoms with Crippen molar-refractivity contribution < 1.29 is 4.79 Å². The normalized spacial score (nSPS) is 23.4. The minimum Gasteiger partial charge on any atom is -0.396 e. The van der Waals surface area contributed by atoms with E-state index in [2.05, 4.69) is 9.88 Å². The summed E-state index contributed by atoms with van der Waals surface area (Å²) in [4.78, 5) is 20.0. The maximum absolute atomic E-state index is 11.6. The molecule has 96 valence electrons. The predicted octanol–water partition coefficient (Wildman–Crippen LogP) is 1.13. The van der Waals surface area contributed by atoms with E-state index in [9.17, 15) is 4.79 Å². The molecular formula is C12H15ClN4O. The van der Waals surface area contributed by atoms with Crippen molar-refractivity contribution in [2.45, 2.75) is 18.9 Å². The van der Waals surface area contributed by atoms with Crippen LogP contribution in [0.15, 0.2) is 12.1 Å². The highest BCUT2D eigenvalue weighted by molar-refractivity contribution is 6.29. The summed E-state index contributed by atoms with van der Waals surface area (Å²) in [6.07, 6.45) is 1.59. The molecule has 0 saturated carbocycles. The molecule has 1 unspecified atom stereocenters. The molecule has 5 nitrogen and oxygen atoms in total. The predicted molar refractivity (Wildman–Crippen MR) is 70.6 cm³/mol. The zero-order valence-corrected chi connectivity index (χ0v) is 10.7. The summed E-state index contributed by atoms with van der Waals surface area (Å²) < 4.78 is 0. The third-order valence-corrected chi connectivity index (χ3v) is 3.88. The van der Waals surface area contributed by atoms with Gasteiger partial charge in [0.05, 0.1) is 5.69 Å². The lowest BCUT2D eigenvalue weighted by molar-refractivity contribution is -0.129. The Bertz CT molecular complexity index is 493. The average Bonchev–Trinajstić information content (AvgIpc) is 2.74. The third-order valence-electron chi connectivity index (χ3n) is 3.67. The maximum atomic E-state index is 11.6. The summed E-state index contributed by atoms with van der Waals surface area (Å²) >= 11 is 5.91. The fourth-order valence-corrected chi connectivity index (χ4v) is 2.89. The molecule has 6 heteroatoms. The Labute approximate surface area is 111 Å². The lowest BCUT2D eigenvalue weighted by Crippen LogP contribution is -2.51. The Morgan fingerprint density at radius 3 is 3.06 bits per heavy atom. The number of nitrogen functional groups attached to an aromatic ring is 1. The fraction of sp³-hybridized carbons (Fsp3) is 0.500. The Hall–Kier alpha value is -1.49. The van der Waals surface area contributed by atoms with Gasteiger partial charge in [0.2, 0.25) is 5.91 Å². The van der Waals surface area contributed by atoms with E-state index in [4.69, 9.17) is 17.3 Å². The van der Waals surface area contributed by atoms with E-state index in [-0.39, 0.29) is 5.91 Å². The molecule has 2 aliphatic rings. The molecule has 1 amide bonds. The molecule has 2 saturated heterocycles. The summed E-state index contributed by atoms with van der Waals surface area (Å²) in [5.41, 5.74) is 6.58. The second-order valence-electron chi connectivity index (χ2n) is 4.77. The van der Waals surface area contributed by atoms with Crippen LogP contribution in [0.3, 0.4) is 0 Å². The highest BCUT2D eigenvalue weighted by atomic mass is 35.5. The zero-order valence-electron chi connectivity index (χ0n) is 9.97. The molecule has 0 radical (unpaired) electrons. The number of fused-ring (bicyclic) bond motifs is 1. The molecule has 2 aliphatic heterocycles. The van der Waals surface area contributed by atoms with Gasteiger partial charge in [-0.2, -0.15) is 0 Å². The molecule has 2 N–H and O–H groups in total. The molecule has 1 aromatic heterocycles. The topological polar surface area (TPSA) is 62.5 Å². The Morgan fingerprint density at radius 1 is 1.39 bits per heavy atom. The highest BCUT2D eigenvalue weighted by Gasteiger charge is 2.36. The number of hydrogen-bond acceptors (Lipinski definition) is 4. The number of rotatable bonds is 1. The number of nitrogens with two attached hydrogens (primary N) is 1. The minimum absolute atomic E-state index is 0.270. The van der Waals surface area contributed by atoms with Crippen LogP contribution < -0.4 is 10.6 Å². The van der Waals surface area contributed by atoms with Crippen molar-refractivity contribution in [2.75, 3.05) is 30.3 Å². The summed E-state index contributed by atoms with van der Waals surface area (Å²) in [7, 11) is 0. The first-order valence-corrected chi connectivity index (χ1v) is 6.49. The van der Waals surface area contributed by atoms with Crippen molar-refractivity contribution in [2.24, 2.45) is 0 Å². The molecular weight excluding hydrogens is 252 g/mol. The van der Waals surface area contributed by atoms with Crippen LogP contribution in [0.25, 0.3) is 0 Å². The van der Waals surface area contributed by atoms with E-state index in [0.29, 0.717) is 23.3 Å². The van der Waals surface area contributed by atoms with Crippen LogP contribution in [0.4, 0.5) is 11.5 Å². The van der Waals surface area contributed by atoms with Gasteiger partial charge in [-0.05, 0) is 18.6 Å². The van der Waals surface area contributed by atoms with Gasteiger partial charge in [-0.3, -0.25) is 4.79 Å². The second kappa shape index (κ2) is 4.31. The summed E-state index contributed by atoms with van der Waals surface area (Å²) in [6.45, 7) is 2.31. The average molecular weight is 267 g/mol. The molecule has 0 aromatic carbocycles. The standard InChI is InChI=1S/C12H15ClN4O/c13-10-3-2-9(14)12(15-10)16-5-6-17-8(7-16)1-4-11(17)18/h2-3,8H,1,4-7,14H2. The van der Waals surface area contributed by atoms with Gasteiger partial charge in [-0.15, -0.1) is 0 Å². The first-order chi connectivity index (χ1) is 8.65. The number of halogens is 1. The number of amides is 1. The van der Waals surface area contributed by atoms with Crippen molar-refractivity contribution in [1.29, 1.82) is 0 Å². The Kier molecular flexibility index (Phi) is 2.78. The highest BCUT2D eigenvalue weighted by Crippen LogP contribution is 2.29. The van der Waals surface area contributed by atoms with Crippen molar-refractivity contribution in [3.63, 3.8) is 0 Å². The molecule has 0 aliphatic carbocycles. The molecule has 3 heterocycles. The number of aromatic nitrogens is 1. The Morgan fingerprint density at radius 2 is 2.22 bits per heavy atom. The van der Waals surface area contributed by atoms with Gasteiger partial charge in [0.15, 0.2) is 5.82 Å². The van der Waals surface area contributed by atoms with Gasteiger partial charge in [0.1, 0.15) is 5.15 Å². The van der Waals surface area contributed by atoms with E-state index in [0.717, 1.165) is 31.9 Å².